The number of rotatable bonds is 6. The second-order valence-corrected chi connectivity index (χ2v) is 3.60. The normalized spacial score (nSPS) is 10.8. The first-order valence-corrected chi connectivity index (χ1v) is 5.81. The van der Waals surface area contributed by atoms with E-state index in [4.69, 9.17) is 14.2 Å². The van der Waals surface area contributed by atoms with Crippen molar-refractivity contribution in [2.24, 2.45) is 5.10 Å². The molecule has 0 fully saturated rings. The van der Waals surface area contributed by atoms with Crippen LogP contribution < -0.4 is 14.9 Å². The van der Waals surface area contributed by atoms with E-state index >= 15 is 0 Å². The lowest BCUT2D eigenvalue weighted by Crippen LogP contribution is -2.15. The first kappa shape index (κ1) is 14.8. The maximum Gasteiger partial charge on any atom is 0.354 e. The Kier molecular flexibility index (Phi) is 5.66. The van der Waals surface area contributed by atoms with Crippen molar-refractivity contribution >= 4 is 17.4 Å². The lowest BCUT2D eigenvalue weighted by atomic mass is 10.3. The highest BCUT2D eigenvalue weighted by Crippen LogP contribution is 2.28. The molecule has 0 unspecified atom stereocenters. The van der Waals surface area contributed by atoms with Gasteiger partial charge in [-0.2, -0.15) is 5.10 Å². The predicted molar refractivity (Wildman–Crippen MR) is 72.9 cm³/mol. The number of anilines is 1. The Bertz CT molecular complexity index is 472. The van der Waals surface area contributed by atoms with Crippen molar-refractivity contribution in [2.45, 2.75) is 13.8 Å². The number of methoxy groups -OCH3 is 2. The molecular weight excluding hydrogens is 248 g/mol. The van der Waals surface area contributed by atoms with Crippen molar-refractivity contribution in [1.82, 2.24) is 0 Å². The minimum atomic E-state index is -0.461. The van der Waals surface area contributed by atoms with Crippen molar-refractivity contribution < 1.29 is 19.0 Å². The van der Waals surface area contributed by atoms with Gasteiger partial charge in [-0.15, -0.1) is 0 Å². The van der Waals surface area contributed by atoms with Gasteiger partial charge in [-0.3, -0.25) is 5.43 Å². The molecule has 6 nitrogen and oxygen atoms in total. The van der Waals surface area contributed by atoms with Crippen LogP contribution in [0.4, 0.5) is 5.69 Å². The molecule has 0 aliphatic rings. The Balaban J connectivity index is 2.86. The summed E-state index contributed by atoms with van der Waals surface area (Å²) in [5.41, 5.74) is 3.59. The molecule has 6 heteroatoms. The van der Waals surface area contributed by atoms with E-state index in [-0.39, 0.29) is 5.71 Å². The number of esters is 1. The Labute approximate surface area is 112 Å². The standard InChI is InChI=1S/C13H18N2O4/c1-5-19-13(16)9(2)14-15-11-8-10(17-3)6-7-12(11)18-4/h6-8,15H,5H2,1-4H3. The highest BCUT2D eigenvalue weighted by molar-refractivity contribution is 6.35. The van der Waals surface area contributed by atoms with Gasteiger partial charge in [0.05, 0.1) is 20.8 Å². The van der Waals surface area contributed by atoms with Crippen LogP contribution in [-0.2, 0) is 9.53 Å². The van der Waals surface area contributed by atoms with E-state index in [1.807, 2.05) is 0 Å². The van der Waals surface area contributed by atoms with Gasteiger partial charge in [0.2, 0.25) is 0 Å². The number of hydrazone groups is 1. The largest absolute Gasteiger partial charge is 0.497 e. The molecule has 0 spiro atoms. The zero-order valence-corrected chi connectivity index (χ0v) is 11.5. The van der Waals surface area contributed by atoms with Gasteiger partial charge in [0.25, 0.3) is 0 Å². The number of nitrogens with one attached hydrogen (secondary N) is 1. The summed E-state index contributed by atoms with van der Waals surface area (Å²) < 4.78 is 15.1. The number of nitrogens with zero attached hydrogens (tertiary/aromatic N) is 1. The molecule has 1 aromatic rings. The van der Waals surface area contributed by atoms with Crippen LogP contribution in [-0.4, -0.2) is 32.5 Å². The number of hydrogen-bond acceptors (Lipinski definition) is 6. The molecular formula is C13H18N2O4. The highest BCUT2D eigenvalue weighted by Gasteiger charge is 2.08. The van der Waals surface area contributed by atoms with Gasteiger partial charge in [-0.1, -0.05) is 0 Å². The molecule has 0 saturated carbocycles. The van der Waals surface area contributed by atoms with Crippen LogP contribution in [0.25, 0.3) is 0 Å². The van der Waals surface area contributed by atoms with Gasteiger partial charge >= 0.3 is 5.97 Å². The maximum absolute atomic E-state index is 11.4. The summed E-state index contributed by atoms with van der Waals surface area (Å²) in [5, 5.41) is 3.95. The van der Waals surface area contributed by atoms with Crippen LogP contribution in [0.15, 0.2) is 23.3 Å². The Morgan fingerprint density at radius 2 is 2.05 bits per heavy atom. The molecule has 1 rings (SSSR count). The first-order chi connectivity index (χ1) is 9.12. The van der Waals surface area contributed by atoms with Crippen LogP contribution in [0, 0.1) is 0 Å². The lowest BCUT2D eigenvalue weighted by Gasteiger charge is -2.10. The number of carbonyl (C=O) groups excluding carboxylic acids is 1. The summed E-state index contributed by atoms with van der Waals surface area (Å²) in [5.74, 6) is 0.797. The first-order valence-electron chi connectivity index (χ1n) is 5.81. The quantitative estimate of drug-likeness (QED) is 0.485. The molecule has 0 bridgehead atoms. The van der Waals surface area contributed by atoms with Gasteiger partial charge in [0.15, 0.2) is 0 Å². The minimum absolute atomic E-state index is 0.228. The fourth-order valence-corrected chi connectivity index (χ4v) is 1.33. The average Bonchev–Trinajstić information content (AvgIpc) is 2.44. The van der Waals surface area contributed by atoms with Crippen molar-refractivity contribution in [2.75, 3.05) is 26.3 Å². The van der Waals surface area contributed by atoms with E-state index in [9.17, 15) is 4.79 Å². The fraction of sp³-hybridized carbons (Fsp3) is 0.385. The third kappa shape index (κ3) is 4.17. The Morgan fingerprint density at radius 1 is 1.32 bits per heavy atom. The van der Waals surface area contributed by atoms with Crippen molar-refractivity contribution in [3.8, 4) is 11.5 Å². The molecule has 0 aliphatic heterocycles. The highest BCUT2D eigenvalue weighted by atomic mass is 16.5. The molecule has 104 valence electrons. The summed E-state index contributed by atoms with van der Waals surface area (Å²) in [6.45, 7) is 3.62. The zero-order valence-electron chi connectivity index (χ0n) is 11.5. The number of benzene rings is 1. The molecule has 0 aliphatic carbocycles. The van der Waals surface area contributed by atoms with E-state index in [1.165, 1.54) is 0 Å². The minimum Gasteiger partial charge on any atom is -0.497 e. The van der Waals surface area contributed by atoms with E-state index < -0.39 is 5.97 Å². The maximum atomic E-state index is 11.4. The molecule has 1 aromatic carbocycles. The fourth-order valence-electron chi connectivity index (χ4n) is 1.33. The predicted octanol–water partition coefficient (Wildman–Crippen LogP) is 2.05. The Hall–Kier alpha value is -2.24. The van der Waals surface area contributed by atoms with E-state index in [0.717, 1.165) is 0 Å². The summed E-state index contributed by atoms with van der Waals surface area (Å²) in [6, 6.07) is 5.24. The SMILES string of the molecule is CCOC(=O)C(C)=NNc1cc(OC)ccc1OC. The average molecular weight is 266 g/mol. The van der Waals surface area contributed by atoms with Crippen molar-refractivity contribution in [1.29, 1.82) is 0 Å². The zero-order chi connectivity index (χ0) is 14.3. The van der Waals surface area contributed by atoms with Crippen LogP contribution >= 0.6 is 0 Å². The summed E-state index contributed by atoms with van der Waals surface area (Å²) in [6.07, 6.45) is 0. The number of hydrogen-bond donors (Lipinski definition) is 1. The van der Waals surface area contributed by atoms with Crippen LogP contribution in [0.3, 0.4) is 0 Å². The molecule has 1 N–H and O–H groups in total. The molecule has 0 heterocycles. The van der Waals surface area contributed by atoms with Gasteiger partial charge < -0.3 is 14.2 Å². The topological polar surface area (TPSA) is 69.2 Å². The van der Waals surface area contributed by atoms with Crippen LogP contribution in [0.2, 0.25) is 0 Å². The monoisotopic (exact) mass is 266 g/mol. The summed E-state index contributed by atoms with van der Waals surface area (Å²) in [7, 11) is 3.12. The third-order valence-corrected chi connectivity index (χ3v) is 2.32. The van der Waals surface area contributed by atoms with E-state index in [1.54, 1.807) is 46.3 Å². The molecule has 19 heavy (non-hydrogen) atoms. The lowest BCUT2D eigenvalue weighted by molar-refractivity contribution is -0.135. The van der Waals surface area contributed by atoms with Crippen molar-refractivity contribution in [3.05, 3.63) is 18.2 Å². The second kappa shape index (κ2) is 7.25. The van der Waals surface area contributed by atoms with E-state index in [0.29, 0.717) is 23.8 Å². The van der Waals surface area contributed by atoms with Gasteiger partial charge in [-0.05, 0) is 26.0 Å². The van der Waals surface area contributed by atoms with Gasteiger partial charge in [0.1, 0.15) is 22.9 Å². The molecule has 0 radical (unpaired) electrons. The molecule has 0 amide bonds. The summed E-state index contributed by atoms with van der Waals surface area (Å²) in [4.78, 5) is 11.4. The number of carbonyl (C=O) groups is 1. The van der Waals surface area contributed by atoms with Gasteiger partial charge in [0, 0.05) is 6.07 Å². The molecule has 0 saturated heterocycles. The smallest absolute Gasteiger partial charge is 0.354 e. The molecule has 0 aromatic heterocycles. The Morgan fingerprint density at radius 3 is 2.63 bits per heavy atom. The molecule has 0 atom stereocenters. The second-order valence-electron chi connectivity index (χ2n) is 3.60. The third-order valence-electron chi connectivity index (χ3n) is 2.32. The summed E-state index contributed by atoms with van der Waals surface area (Å²) >= 11 is 0. The van der Waals surface area contributed by atoms with Crippen molar-refractivity contribution in [3.63, 3.8) is 0 Å². The van der Waals surface area contributed by atoms with Gasteiger partial charge in [-0.25, -0.2) is 4.79 Å². The van der Waals surface area contributed by atoms with Crippen LogP contribution in [0.5, 0.6) is 11.5 Å². The van der Waals surface area contributed by atoms with E-state index in [2.05, 4.69) is 10.5 Å². The number of ether oxygens (including phenoxy) is 3. The van der Waals surface area contributed by atoms with Crippen LogP contribution in [0.1, 0.15) is 13.8 Å².